The van der Waals surface area contributed by atoms with E-state index >= 15 is 0 Å². The smallest absolute Gasteiger partial charge is 0.211 e. The van der Waals surface area contributed by atoms with E-state index in [0.29, 0.717) is 0 Å². The lowest BCUT2D eigenvalue weighted by atomic mass is 10.3. The van der Waals surface area contributed by atoms with E-state index in [2.05, 4.69) is 9.98 Å². The number of aliphatic imine (C=N–C) groups is 2. The van der Waals surface area contributed by atoms with Crippen molar-refractivity contribution in [1.29, 1.82) is 0 Å². The Labute approximate surface area is 72.4 Å². The van der Waals surface area contributed by atoms with Crippen LogP contribution in [0.1, 0.15) is 0 Å². The lowest BCUT2D eigenvalue weighted by molar-refractivity contribution is 0.564. The Hall–Kier alpha value is -2.09. The summed E-state index contributed by atoms with van der Waals surface area (Å²) in [5, 5.41) is 0. The van der Waals surface area contributed by atoms with Gasteiger partial charge < -0.3 is 0 Å². The molecule has 1 aromatic rings. The lowest BCUT2D eigenvalue weighted by Gasteiger charge is -1.94. The van der Waals surface area contributed by atoms with Crippen molar-refractivity contribution in [3.8, 4) is 0 Å². The number of hydrogen-bond acceptors (Lipinski definition) is 4. The average Bonchev–Trinajstić information content (AvgIpc) is 2.12. The molecule has 0 radical (unpaired) electrons. The third-order valence-electron chi connectivity index (χ3n) is 1.27. The second kappa shape index (κ2) is 4.07. The van der Waals surface area contributed by atoms with E-state index in [-0.39, 0.29) is 11.4 Å². The van der Waals surface area contributed by atoms with Gasteiger partial charge in [0.2, 0.25) is 12.2 Å². The first-order chi connectivity index (χ1) is 6.27. The fourth-order valence-electron chi connectivity index (χ4n) is 0.758. The number of benzene rings is 1. The Bertz CT molecular complexity index is 418. The SMILES string of the molecule is O=C=Nc1ccc(F)c(N=C=O)c1. The maximum atomic E-state index is 12.8. The largest absolute Gasteiger partial charge is 0.240 e. The molecule has 0 aliphatic carbocycles. The predicted octanol–water partition coefficient (Wildman–Crippen LogP) is 1.76. The lowest BCUT2D eigenvalue weighted by Crippen LogP contribution is -1.74. The van der Waals surface area contributed by atoms with Crippen LogP contribution in [0.25, 0.3) is 0 Å². The van der Waals surface area contributed by atoms with E-state index in [4.69, 9.17) is 0 Å². The van der Waals surface area contributed by atoms with Crippen LogP contribution in [0.4, 0.5) is 15.8 Å². The Morgan fingerprint density at radius 1 is 1.15 bits per heavy atom. The van der Waals surface area contributed by atoms with E-state index in [1.165, 1.54) is 18.2 Å². The van der Waals surface area contributed by atoms with Crippen LogP contribution in [0, 0.1) is 5.82 Å². The number of nitrogens with zero attached hydrogens (tertiary/aromatic N) is 2. The number of halogens is 1. The second-order valence-electron chi connectivity index (χ2n) is 2.04. The van der Waals surface area contributed by atoms with Crippen molar-refractivity contribution in [2.75, 3.05) is 0 Å². The third-order valence-corrected chi connectivity index (χ3v) is 1.27. The molecule has 13 heavy (non-hydrogen) atoms. The predicted molar refractivity (Wildman–Crippen MR) is 42.0 cm³/mol. The van der Waals surface area contributed by atoms with Gasteiger partial charge >= 0.3 is 0 Å². The molecule has 1 rings (SSSR count). The minimum absolute atomic E-state index is 0.186. The van der Waals surface area contributed by atoms with Gasteiger partial charge in [-0.2, -0.15) is 9.98 Å². The molecule has 0 aliphatic rings. The van der Waals surface area contributed by atoms with E-state index < -0.39 is 5.82 Å². The van der Waals surface area contributed by atoms with Gasteiger partial charge in [-0.15, -0.1) is 0 Å². The molecule has 5 heteroatoms. The fourth-order valence-corrected chi connectivity index (χ4v) is 0.758. The first-order valence-corrected chi connectivity index (χ1v) is 3.23. The van der Waals surface area contributed by atoms with Crippen LogP contribution in [0.15, 0.2) is 28.2 Å². The summed E-state index contributed by atoms with van der Waals surface area (Å²) in [5.74, 6) is -0.673. The number of hydrogen-bond donors (Lipinski definition) is 0. The van der Waals surface area contributed by atoms with Gasteiger partial charge in [0, 0.05) is 0 Å². The molecule has 4 nitrogen and oxygen atoms in total. The monoisotopic (exact) mass is 178 g/mol. The molecule has 0 atom stereocenters. The highest BCUT2D eigenvalue weighted by Crippen LogP contribution is 2.23. The molecule has 0 saturated heterocycles. The normalized spacial score (nSPS) is 8.38. The zero-order valence-corrected chi connectivity index (χ0v) is 6.32. The maximum Gasteiger partial charge on any atom is 0.240 e. The van der Waals surface area contributed by atoms with Crippen LogP contribution < -0.4 is 0 Å². The molecule has 0 saturated carbocycles. The Morgan fingerprint density at radius 2 is 1.85 bits per heavy atom. The molecule has 0 fully saturated rings. The number of rotatable bonds is 2. The van der Waals surface area contributed by atoms with Gasteiger partial charge in [0.15, 0.2) is 0 Å². The molecule has 1 aromatic carbocycles. The van der Waals surface area contributed by atoms with Crippen LogP contribution in [-0.4, -0.2) is 12.2 Å². The van der Waals surface area contributed by atoms with Crippen molar-refractivity contribution in [1.82, 2.24) is 0 Å². The Morgan fingerprint density at radius 3 is 2.46 bits per heavy atom. The summed E-state index contributed by atoms with van der Waals surface area (Å²) >= 11 is 0. The molecule has 0 heterocycles. The molecule has 0 unspecified atom stereocenters. The van der Waals surface area contributed by atoms with Crippen LogP contribution in [0.2, 0.25) is 0 Å². The quantitative estimate of drug-likeness (QED) is 0.511. The van der Waals surface area contributed by atoms with Crippen molar-refractivity contribution < 1.29 is 14.0 Å². The summed E-state index contributed by atoms with van der Waals surface area (Å²) in [5.41, 5.74) is -0.0168. The van der Waals surface area contributed by atoms with Gasteiger partial charge in [-0.05, 0) is 18.2 Å². The summed E-state index contributed by atoms with van der Waals surface area (Å²) < 4.78 is 12.8. The van der Waals surface area contributed by atoms with E-state index in [1.54, 1.807) is 0 Å². The van der Waals surface area contributed by atoms with Crippen molar-refractivity contribution in [3.63, 3.8) is 0 Å². The molecule has 0 N–H and O–H groups in total. The zero-order chi connectivity index (χ0) is 9.68. The van der Waals surface area contributed by atoms with Gasteiger partial charge in [0.1, 0.15) is 11.5 Å². The maximum absolute atomic E-state index is 12.8. The average molecular weight is 178 g/mol. The summed E-state index contributed by atoms with van der Waals surface area (Å²) in [4.78, 5) is 26.0. The fraction of sp³-hybridized carbons (Fsp3) is 0. The van der Waals surface area contributed by atoms with Crippen LogP contribution in [0.5, 0.6) is 0 Å². The molecule has 0 amide bonds. The molecular weight excluding hydrogens is 175 g/mol. The van der Waals surface area contributed by atoms with Crippen LogP contribution in [0.3, 0.4) is 0 Å². The molecule has 0 aromatic heterocycles. The molecule has 0 spiro atoms. The Kier molecular flexibility index (Phi) is 2.82. The minimum atomic E-state index is -0.673. The van der Waals surface area contributed by atoms with Crippen molar-refractivity contribution in [2.45, 2.75) is 0 Å². The van der Waals surface area contributed by atoms with Gasteiger partial charge in [-0.3, -0.25) is 0 Å². The summed E-state index contributed by atoms with van der Waals surface area (Å²) in [6, 6.07) is 3.46. The topological polar surface area (TPSA) is 58.9 Å². The highest BCUT2D eigenvalue weighted by molar-refractivity contribution is 5.58. The van der Waals surface area contributed by atoms with Crippen molar-refractivity contribution in [2.24, 2.45) is 9.98 Å². The number of carbonyl (C=O) groups excluding carboxylic acids is 2. The minimum Gasteiger partial charge on any atom is -0.211 e. The highest BCUT2D eigenvalue weighted by atomic mass is 19.1. The highest BCUT2D eigenvalue weighted by Gasteiger charge is 2.00. The van der Waals surface area contributed by atoms with Crippen molar-refractivity contribution >= 4 is 23.5 Å². The zero-order valence-electron chi connectivity index (χ0n) is 6.32. The number of isocyanates is 2. The molecule has 0 aliphatic heterocycles. The van der Waals surface area contributed by atoms with Gasteiger partial charge in [-0.1, -0.05) is 0 Å². The van der Waals surface area contributed by atoms with Crippen molar-refractivity contribution in [3.05, 3.63) is 24.0 Å². The van der Waals surface area contributed by atoms with Gasteiger partial charge in [0.25, 0.3) is 0 Å². The van der Waals surface area contributed by atoms with E-state index in [9.17, 15) is 14.0 Å². The molecule has 0 bridgehead atoms. The summed E-state index contributed by atoms with van der Waals surface area (Å²) in [6.45, 7) is 0. The first kappa shape index (κ1) is 9.00. The standard InChI is InChI=1S/C8H3FN2O2/c9-7-2-1-6(10-4-12)3-8(7)11-5-13/h1-3H. The Balaban J connectivity index is 3.25. The van der Waals surface area contributed by atoms with E-state index in [0.717, 1.165) is 12.1 Å². The molecular formula is C8H3FN2O2. The van der Waals surface area contributed by atoms with Gasteiger partial charge in [0.05, 0.1) is 5.69 Å². The van der Waals surface area contributed by atoms with Crippen LogP contribution in [-0.2, 0) is 9.59 Å². The summed E-state index contributed by atoms with van der Waals surface area (Å²) in [7, 11) is 0. The third kappa shape index (κ3) is 2.17. The van der Waals surface area contributed by atoms with Gasteiger partial charge in [-0.25, -0.2) is 14.0 Å². The second-order valence-corrected chi connectivity index (χ2v) is 2.04. The van der Waals surface area contributed by atoms with Crippen LogP contribution >= 0.6 is 0 Å². The summed E-state index contributed by atoms with van der Waals surface area (Å²) in [6.07, 6.45) is 2.47. The first-order valence-electron chi connectivity index (χ1n) is 3.23. The van der Waals surface area contributed by atoms with E-state index in [1.807, 2.05) is 0 Å². The molecule has 64 valence electrons.